The van der Waals surface area contributed by atoms with Gasteiger partial charge in [-0.1, -0.05) is 17.7 Å². The van der Waals surface area contributed by atoms with Gasteiger partial charge in [-0.05, 0) is 25.0 Å². The Labute approximate surface area is 97.2 Å². The average Bonchev–Trinajstić information content (AvgIpc) is 2.99. The molecule has 1 N–H and O–H groups in total. The first-order valence-electron chi connectivity index (χ1n) is 5.21. The van der Waals surface area contributed by atoms with Gasteiger partial charge in [0, 0.05) is 17.6 Å². The smallest absolute Gasteiger partial charge is 0.337 e. The summed E-state index contributed by atoms with van der Waals surface area (Å²) in [5.74, 6) is -0.919. The fourth-order valence-corrected chi connectivity index (χ4v) is 2.36. The van der Waals surface area contributed by atoms with Crippen molar-refractivity contribution in [1.29, 1.82) is 0 Å². The molecule has 0 amide bonds. The van der Waals surface area contributed by atoms with Crippen molar-refractivity contribution in [2.24, 2.45) is 0 Å². The number of nitrogens with zero attached hydrogens (tertiary/aromatic N) is 1. The van der Waals surface area contributed by atoms with Crippen LogP contribution >= 0.6 is 11.6 Å². The average molecular weight is 236 g/mol. The Kier molecular flexibility index (Phi) is 1.98. The van der Waals surface area contributed by atoms with Crippen LogP contribution in [0.4, 0.5) is 0 Å². The van der Waals surface area contributed by atoms with Crippen LogP contribution in [0.1, 0.15) is 29.2 Å². The van der Waals surface area contributed by atoms with Crippen LogP contribution in [0.2, 0.25) is 5.02 Å². The minimum atomic E-state index is -0.919. The predicted octanol–water partition coefficient (Wildman–Crippen LogP) is 3.33. The topological polar surface area (TPSA) is 42.2 Å². The third kappa shape index (κ3) is 1.32. The zero-order valence-electron chi connectivity index (χ0n) is 8.48. The van der Waals surface area contributed by atoms with Crippen LogP contribution in [0.5, 0.6) is 0 Å². The van der Waals surface area contributed by atoms with Gasteiger partial charge in [0.15, 0.2) is 0 Å². The summed E-state index contributed by atoms with van der Waals surface area (Å²) in [7, 11) is 0. The SMILES string of the molecule is O=C(O)c1cn(C2CC2)c2cccc(Cl)c12. The van der Waals surface area contributed by atoms with Gasteiger partial charge in [-0.25, -0.2) is 4.79 Å². The lowest BCUT2D eigenvalue weighted by molar-refractivity contribution is 0.0699. The van der Waals surface area contributed by atoms with Crippen LogP contribution in [-0.2, 0) is 0 Å². The summed E-state index contributed by atoms with van der Waals surface area (Å²) in [4.78, 5) is 11.2. The minimum Gasteiger partial charge on any atom is -0.478 e. The Morgan fingerprint density at radius 2 is 2.19 bits per heavy atom. The molecule has 1 fully saturated rings. The molecule has 0 unspecified atom stereocenters. The molecule has 0 bridgehead atoms. The fourth-order valence-electron chi connectivity index (χ4n) is 2.08. The lowest BCUT2D eigenvalue weighted by atomic mass is 10.2. The molecule has 1 aromatic carbocycles. The van der Waals surface area contributed by atoms with E-state index in [0.29, 0.717) is 22.0 Å². The van der Waals surface area contributed by atoms with E-state index in [0.717, 1.165) is 18.4 Å². The monoisotopic (exact) mass is 235 g/mol. The van der Waals surface area contributed by atoms with Gasteiger partial charge in [0.05, 0.1) is 16.1 Å². The maximum atomic E-state index is 11.2. The number of aromatic nitrogens is 1. The van der Waals surface area contributed by atoms with Gasteiger partial charge >= 0.3 is 5.97 Å². The fraction of sp³-hybridized carbons (Fsp3) is 0.250. The molecule has 0 aliphatic heterocycles. The minimum absolute atomic E-state index is 0.299. The molecule has 0 atom stereocenters. The molecular formula is C12H10ClNO2. The quantitative estimate of drug-likeness (QED) is 0.868. The number of rotatable bonds is 2. The molecule has 0 spiro atoms. The van der Waals surface area contributed by atoms with Crippen molar-refractivity contribution < 1.29 is 9.90 Å². The van der Waals surface area contributed by atoms with E-state index in [2.05, 4.69) is 0 Å². The number of aromatic carboxylic acids is 1. The molecule has 16 heavy (non-hydrogen) atoms. The summed E-state index contributed by atoms with van der Waals surface area (Å²) in [5.41, 5.74) is 1.22. The molecule has 1 heterocycles. The van der Waals surface area contributed by atoms with Gasteiger partial charge < -0.3 is 9.67 Å². The Balaban J connectivity index is 2.37. The van der Waals surface area contributed by atoms with E-state index in [9.17, 15) is 4.79 Å². The zero-order valence-corrected chi connectivity index (χ0v) is 9.24. The lowest BCUT2D eigenvalue weighted by Gasteiger charge is -2.01. The standard InChI is InChI=1S/C12H10ClNO2/c13-9-2-1-3-10-11(9)8(12(15)16)6-14(10)7-4-5-7/h1-3,6-7H,4-5H2,(H,15,16). The number of benzene rings is 1. The zero-order chi connectivity index (χ0) is 11.3. The van der Waals surface area contributed by atoms with Gasteiger partial charge in [-0.15, -0.1) is 0 Å². The largest absolute Gasteiger partial charge is 0.478 e. The molecular weight excluding hydrogens is 226 g/mol. The molecule has 0 radical (unpaired) electrons. The molecule has 1 saturated carbocycles. The van der Waals surface area contributed by atoms with Gasteiger partial charge in [0.25, 0.3) is 0 Å². The van der Waals surface area contributed by atoms with E-state index in [1.54, 1.807) is 12.3 Å². The Bertz CT molecular complexity index is 584. The number of hydrogen-bond donors (Lipinski definition) is 1. The summed E-state index contributed by atoms with van der Waals surface area (Å²) in [6.07, 6.45) is 3.95. The van der Waals surface area contributed by atoms with Gasteiger partial charge in [-0.3, -0.25) is 0 Å². The van der Waals surface area contributed by atoms with Crippen LogP contribution in [-0.4, -0.2) is 15.6 Å². The Morgan fingerprint density at radius 1 is 1.44 bits per heavy atom. The van der Waals surface area contributed by atoms with E-state index in [4.69, 9.17) is 16.7 Å². The van der Waals surface area contributed by atoms with Crippen LogP contribution < -0.4 is 0 Å². The van der Waals surface area contributed by atoms with Crippen molar-refractivity contribution in [2.45, 2.75) is 18.9 Å². The maximum absolute atomic E-state index is 11.2. The number of halogens is 1. The van der Waals surface area contributed by atoms with Gasteiger partial charge in [0.2, 0.25) is 0 Å². The highest BCUT2D eigenvalue weighted by molar-refractivity contribution is 6.36. The maximum Gasteiger partial charge on any atom is 0.337 e. The van der Waals surface area contributed by atoms with E-state index >= 15 is 0 Å². The van der Waals surface area contributed by atoms with Crippen molar-refractivity contribution in [1.82, 2.24) is 4.57 Å². The first-order valence-corrected chi connectivity index (χ1v) is 5.58. The lowest BCUT2D eigenvalue weighted by Crippen LogP contribution is -1.94. The van der Waals surface area contributed by atoms with Crippen molar-refractivity contribution in [3.8, 4) is 0 Å². The highest BCUT2D eigenvalue weighted by atomic mass is 35.5. The van der Waals surface area contributed by atoms with E-state index in [1.807, 2.05) is 16.7 Å². The van der Waals surface area contributed by atoms with E-state index < -0.39 is 5.97 Å². The van der Waals surface area contributed by atoms with Crippen molar-refractivity contribution >= 4 is 28.5 Å². The molecule has 1 aromatic heterocycles. The van der Waals surface area contributed by atoms with E-state index in [-0.39, 0.29) is 0 Å². The summed E-state index contributed by atoms with van der Waals surface area (Å²) in [6.45, 7) is 0. The summed E-state index contributed by atoms with van der Waals surface area (Å²) in [6, 6.07) is 5.96. The Morgan fingerprint density at radius 3 is 2.81 bits per heavy atom. The molecule has 4 heteroatoms. The van der Waals surface area contributed by atoms with E-state index in [1.165, 1.54) is 0 Å². The van der Waals surface area contributed by atoms with Gasteiger partial charge in [-0.2, -0.15) is 0 Å². The summed E-state index contributed by atoms with van der Waals surface area (Å²) >= 11 is 6.07. The molecule has 1 aliphatic rings. The third-order valence-electron chi connectivity index (χ3n) is 2.98. The van der Waals surface area contributed by atoms with Crippen molar-refractivity contribution in [3.05, 3.63) is 35.0 Å². The summed E-state index contributed by atoms with van der Waals surface area (Å²) < 4.78 is 2.03. The third-order valence-corrected chi connectivity index (χ3v) is 3.29. The number of hydrogen-bond acceptors (Lipinski definition) is 1. The number of fused-ring (bicyclic) bond motifs is 1. The Hall–Kier alpha value is -1.48. The normalized spacial score (nSPS) is 15.6. The highest BCUT2D eigenvalue weighted by Crippen LogP contribution is 2.40. The van der Waals surface area contributed by atoms with Crippen LogP contribution in [0.15, 0.2) is 24.4 Å². The van der Waals surface area contributed by atoms with Crippen LogP contribution in [0, 0.1) is 0 Å². The van der Waals surface area contributed by atoms with Gasteiger partial charge in [0.1, 0.15) is 0 Å². The number of carbonyl (C=O) groups is 1. The van der Waals surface area contributed by atoms with Crippen molar-refractivity contribution in [3.63, 3.8) is 0 Å². The number of carboxylic acids is 1. The van der Waals surface area contributed by atoms with Crippen LogP contribution in [0.3, 0.4) is 0 Å². The second-order valence-corrected chi connectivity index (χ2v) is 4.53. The molecule has 3 rings (SSSR count). The molecule has 0 saturated heterocycles. The second-order valence-electron chi connectivity index (χ2n) is 4.12. The summed E-state index contributed by atoms with van der Waals surface area (Å²) in [5, 5.41) is 10.3. The first kappa shape index (κ1) is 9.73. The molecule has 2 aromatic rings. The van der Waals surface area contributed by atoms with Crippen molar-refractivity contribution in [2.75, 3.05) is 0 Å². The van der Waals surface area contributed by atoms with Crippen LogP contribution in [0.25, 0.3) is 10.9 Å². The molecule has 1 aliphatic carbocycles. The predicted molar refractivity (Wildman–Crippen MR) is 62.2 cm³/mol. The second kappa shape index (κ2) is 3.25. The highest BCUT2D eigenvalue weighted by Gasteiger charge is 2.27. The first-order chi connectivity index (χ1) is 7.68. The molecule has 3 nitrogen and oxygen atoms in total. The number of carboxylic acid groups (broad SMARTS) is 1. The molecule has 82 valence electrons.